The maximum absolute atomic E-state index is 12.6. The number of amides is 1. The van der Waals surface area contributed by atoms with Crippen LogP contribution >= 0.6 is 0 Å². The number of aromatic nitrogens is 1. The summed E-state index contributed by atoms with van der Waals surface area (Å²) < 4.78 is 2.06. The van der Waals surface area contributed by atoms with Crippen LogP contribution in [0, 0.1) is 5.41 Å². The zero-order valence-corrected chi connectivity index (χ0v) is 13.9. The van der Waals surface area contributed by atoms with Gasteiger partial charge in [-0.25, -0.2) is 0 Å². The van der Waals surface area contributed by atoms with Gasteiger partial charge in [0.15, 0.2) is 0 Å². The molecule has 0 fully saturated rings. The van der Waals surface area contributed by atoms with Crippen molar-refractivity contribution >= 4 is 5.91 Å². The first-order chi connectivity index (χ1) is 9.80. The summed E-state index contributed by atoms with van der Waals surface area (Å²) in [6.07, 6.45) is 3.23. The molecule has 0 saturated heterocycles. The molecular formula is C17H28N2O2. The van der Waals surface area contributed by atoms with E-state index in [9.17, 15) is 9.90 Å². The minimum atomic E-state index is -0.416. The van der Waals surface area contributed by atoms with Crippen molar-refractivity contribution in [3.63, 3.8) is 0 Å². The van der Waals surface area contributed by atoms with Gasteiger partial charge in [0, 0.05) is 30.5 Å². The van der Waals surface area contributed by atoms with Crippen LogP contribution in [0.3, 0.4) is 0 Å². The fourth-order valence-electron chi connectivity index (χ4n) is 3.43. The summed E-state index contributed by atoms with van der Waals surface area (Å²) in [5.74, 6) is 0.149. The molecule has 4 nitrogen and oxygen atoms in total. The molecule has 0 bridgehead atoms. The van der Waals surface area contributed by atoms with E-state index >= 15 is 0 Å². The Morgan fingerprint density at radius 1 is 1.48 bits per heavy atom. The SMILES string of the molecule is CCN(CC)C(=O)C(C)n1ccc2c1CC(C)(C)CC2O. The number of carbonyl (C=O) groups is 1. The monoisotopic (exact) mass is 292 g/mol. The second-order valence-electron chi connectivity index (χ2n) is 6.87. The van der Waals surface area contributed by atoms with Gasteiger partial charge in [-0.1, -0.05) is 13.8 Å². The van der Waals surface area contributed by atoms with Crippen molar-refractivity contribution < 1.29 is 9.90 Å². The zero-order chi connectivity index (χ0) is 15.8. The van der Waals surface area contributed by atoms with E-state index in [1.807, 2.05) is 37.9 Å². The van der Waals surface area contributed by atoms with Crippen LogP contribution in [0.1, 0.15) is 64.4 Å². The lowest BCUT2D eigenvalue weighted by molar-refractivity contribution is -0.134. The predicted molar refractivity (Wildman–Crippen MR) is 84.1 cm³/mol. The molecule has 1 amide bonds. The van der Waals surface area contributed by atoms with Crippen LogP contribution in [0.15, 0.2) is 12.3 Å². The van der Waals surface area contributed by atoms with Crippen LogP contribution in [0.5, 0.6) is 0 Å². The highest BCUT2D eigenvalue weighted by atomic mass is 16.3. The second-order valence-corrected chi connectivity index (χ2v) is 6.87. The smallest absolute Gasteiger partial charge is 0.245 e. The van der Waals surface area contributed by atoms with Crippen LogP contribution in [-0.4, -0.2) is 33.6 Å². The fraction of sp³-hybridized carbons (Fsp3) is 0.706. The molecule has 4 heteroatoms. The number of fused-ring (bicyclic) bond motifs is 1. The number of rotatable bonds is 4. The minimum Gasteiger partial charge on any atom is -0.388 e. The molecule has 0 aromatic carbocycles. The molecule has 0 saturated carbocycles. The third-order valence-electron chi connectivity index (χ3n) is 4.66. The maximum atomic E-state index is 12.6. The molecule has 1 heterocycles. The van der Waals surface area contributed by atoms with Crippen molar-refractivity contribution in [3.05, 3.63) is 23.5 Å². The molecule has 1 aliphatic carbocycles. The summed E-state index contributed by atoms with van der Waals surface area (Å²) in [4.78, 5) is 14.4. The molecule has 2 unspecified atom stereocenters. The van der Waals surface area contributed by atoms with Crippen molar-refractivity contribution in [3.8, 4) is 0 Å². The number of carbonyl (C=O) groups excluding carboxylic acids is 1. The van der Waals surface area contributed by atoms with Gasteiger partial charge >= 0.3 is 0 Å². The maximum Gasteiger partial charge on any atom is 0.245 e. The lowest BCUT2D eigenvalue weighted by atomic mass is 9.75. The Balaban J connectivity index is 2.32. The van der Waals surface area contributed by atoms with E-state index in [1.165, 1.54) is 0 Å². The third-order valence-corrected chi connectivity index (χ3v) is 4.66. The van der Waals surface area contributed by atoms with E-state index in [0.29, 0.717) is 0 Å². The zero-order valence-electron chi connectivity index (χ0n) is 13.9. The molecule has 2 atom stereocenters. The second kappa shape index (κ2) is 5.84. The molecule has 21 heavy (non-hydrogen) atoms. The summed E-state index contributed by atoms with van der Waals surface area (Å²) in [6.45, 7) is 11.8. The molecule has 1 aromatic heterocycles. The Kier molecular flexibility index (Phi) is 4.47. The van der Waals surface area contributed by atoms with E-state index in [-0.39, 0.29) is 17.4 Å². The summed E-state index contributed by atoms with van der Waals surface area (Å²) >= 11 is 0. The number of aliphatic hydroxyl groups is 1. The highest BCUT2D eigenvalue weighted by Crippen LogP contribution is 2.41. The van der Waals surface area contributed by atoms with Crippen LogP contribution in [0.2, 0.25) is 0 Å². The highest BCUT2D eigenvalue weighted by molar-refractivity contribution is 5.80. The van der Waals surface area contributed by atoms with Gasteiger partial charge in [0.1, 0.15) is 6.04 Å². The van der Waals surface area contributed by atoms with E-state index in [0.717, 1.165) is 37.2 Å². The van der Waals surface area contributed by atoms with E-state index in [1.54, 1.807) is 0 Å². The highest BCUT2D eigenvalue weighted by Gasteiger charge is 2.35. The molecule has 2 rings (SSSR count). The Hall–Kier alpha value is -1.29. The Morgan fingerprint density at radius 2 is 2.10 bits per heavy atom. The first kappa shape index (κ1) is 16.1. The molecule has 0 radical (unpaired) electrons. The van der Waals surface area contributed by atoms with E-state index in [2.05, 4.69) is 18.4 Å². The first-order valence-electron chi connectivity index (χ1n) is 7.97. The van der Waals surface area contributed by atoms with Crippen molar-refractivity contribution in [1.29, 1.82) is 0 Å². The molecule has 1 aliphatic rings. The normalized spacial score (nSPS) is 21.7. The Morgan fingerprint density at radius 3 is 2.67 bits per heavy atom. The molecule has 1 aromatic rings. The molecule has 0 aliphatic heterocycles. The van der Waals surface area contributed by atoms with Gasteiger partial charge in [-0.05, 0) is 45.1 Å². The van der Waals surface area contributed by atoms with Crippen LogP contribution in [0.25, 0.3) is 0 Å². The van der Waals surface area contributed by atoms with Crippen LogP contribution < -0.4 is 0 Å². The van der Waals surface area contributed by atoms with Crippen LogP contribution in [-0.2, 0) is 11.2 Å². The van der Waals surface area contributed by atoms with Crippen molar-refractivity contribution in [1.82, 2.24) is 9.47 Å². The standard InChI is InChI=1S/C17H28N2O2/c1-6-18(7-2)16(21)12(3)19-9-8-13-14(19)10-17(4,5)11-15(13)20/h8-9,12,15,20H,6-7,10-11H2,1-5H3. The number of hydrogen-bond donors (Lipinski definition) is 1. The van der Waals surface area contributed by atoms with Gasteiger partial charge in [-0.3, -0.25) is 4.79 Å². The quantitative estimate of drug-likeness (QED) is 0.927. The van der Waals surface area contributed by atoms with Crippen molar-refractivity contribution in [2.24, 2.45) is 5.41 Å². The lowest BCUT2D eigenvalue weighted by Gasteiger charge is -2.35. The third kappa shape index (κ3) is 3.00. The summed E-state index contributed by atoms with van der Waals surface area (Å²) in [6, 6.07) is 1.76. The van der Waals surface area contributed by atoms with Crippen LogP contribution in [0.4, 0.5) is 0 Å². The number of hydrogen-bond acceptors (Lipinski definition) is 2. The first-order valence-corrected chi connectivity index (χ1v) is 7.97. The summed E-state index contributed by atoms with van der Waals surface area (Å²) in [5.41, 5.74) is 2.18. The van der Waals surface area contributed by atoms with Gasteiger partial charge < -0.3 is 14.6 Å². The largest absolute Gasteiger partial charge is 0.388 e. The lowest BCUT2D eigenvalue weighted by Crippen LogP contribution is -2.37. The minimum absolute atomic E-state index is 0.0699. The van der Waals surface area contributed by atoms with E-state index in [4.69, 9.17) is 0 Å². The molecular weight excluding hydrogens is 264 g/mol. The number of aliphatic hydroxyl groups excluding tert-OH is 1. The predicted octanol–water partition coefficient (Wildman–Crippen LogP) is 2.92. The average Bonchev–Trinajstić information content (AvgIpc) is 2.81. The van der Waals surface area contributed by atoms with Crippen molar-refractivity contribution in [2.45, 2.75) is 59.6 Å². The van der Waals surface area contributed by atoms with Gasteiger partial charge in [0.25, 0.3) is 0 Å². The molecule has 1 N–H and O–H groups in total. The van der Waals surface area contributed by atoms with Crippen molar-refractivity contribution in [2.75, 3.05) is 13.1 Å². The van der Waals surface area contributed by atoms with Gasteiger partial charge in [0.05, 0.1) is 6.10 Å². The van der Waals surface area contributed by atoms with Gasteiger partial charge in [-0.15, -0.1) is 0 Å². The summed E-state index contributed by atoms with van der Waals surface area (Å²) in [5, 5.41) is 10.3. The average molecular weight is 292 g/mol. The number of likely N-dealkylation sites (N-methyl/N-ethyl adjacent to an activating group) is 1. The topological polar surface area (TPSA) is 45.5 Å². The molecule has 0 spiro atoms. The van der Waals surface area contributed by atoms with Gasteiger partial charge in [-0.2, -0.15) is 0 Å². The Labute approximate surface area is 127 Å². The molecule has 118 valence electrons. The van der Waals surface area contributed by atoms with E-state index < -0.39 is 6.10 Å². The van der Waals surface area contributed by atoms with Gasteiger partial charge in [0.2, 0.25) is 5.91 Å². The fourth-order valence-corrected chi connectivity index (χ4v) is 3.43. The Bertz CT molecular complexity index is 515. The summed E-state index contributed by atoms with van der Waals surface area (Å²) in [7, 11) is 0. The number of nitrogens with zero attached hydrogens (tertiary/aromatic N) is 2.